The highest BCUT2D eigenvalue weighted by molar-refractivity contribution is 6.03. The molecule has 0 atom stereocenters. The monoisotopic (exact) mass is 318 g/mol. The Bertz CT molecular complexity index is 904. The molecule has 0 saturated carbocycles. The summed E-state index contributed by atoms with van der Waals surface area (Å²) in [5.41, 5.74) is 2.61. The van der Waals surface area contributed by atoms with E-state index in [0.717, 1.165) is 5.56 Å². The molecule has 0 aliphatic carbocycles. The van der Waals surface area contributed by atoms with Crippen LogP contribution in [0, 0.1) is 11.8 Å². The number of benzene rings is 3. The lowest BCUT2D eigenvalue weighted by molar-refractivity contribution is 0.481. The van der Waals surface area contributed by atoms with E-state index >= 15 is 0 Å². The predicted molar refractivity (Wildman–Crippen MR) is 98.6 cm³/mol. The molecule has 3 rings (SSSR count). The zero-order valence-corrected chi connectivity index (χ0v) is 13.4. The van der Waals surface area contributed by atoms with Crippen molar-refractivity contribution < 1.29 is 5.11 Å². The van der Waals surface area contributed by atoms with Crippen molar-refractivity contribution in [1.29, 1.82) is 0 Å². The van der Waals surface area contributed by atoms with Gasteiger partial charge in [-0.2, -0.15) is 0 Å². The van der Waals surface area contributed by atoms with Crippen LogP contribution in [-0.4, -0.2) is 5.11 Å². The topological polar surface area (TPSA) is 52.9 Å². The maximum Gasteiger partial charge on any atom is 0.147 e. The number of anilines is 1. The summed E-state index contributed by atoms with van der Waals surface area (Å²) < 4.78 is 0. The fraction of sp³-hybridized carbons (Fsp3) is 0.100. The number of nitrogens with zero attached hydrogens (tertiary/aromatic N) is 2. The molecule has 0 unspecified atom stereocenters. The first kappa shape index (κ1) is 15.7. The SMILES string of the molecule is C=CN(Cc1ccccc1)c1c(C)c(N=O)c2ccccc2c1O. The lowest BCUT2D eigenvalue weighted by atomic mass is 10.0. The molecule has 0 aromatic heterocycles. The van der Waals surface area contributed by atoms with Gasteiger partial charge < -0.3 is 10.0 Å². The maximum absolute atomic E-state index is 11.4. The number of phenolic OH excluding ortho intramolecular Hbond substituents is 1. The third kappa shape index (κ3) is 2.63. The van der Waals surface area contributed by atoms with Crippen LogP contribution < -0.4 is 4.90 Å². The minimum atomic E-state index is 0.131. The molecular formula is C20H18N2O2. The molecule has 0 radical (unpaired) electrons. The van der Waals surface area contributed by atoms with Crippen molar-refractivity contribution in [3.05, 3.63) is 83.4 Å². The van der Waals surface area contributed by atoms with E-state index in [1.165, 1.54) is 0 Å². The molecule has 0 heterocycles. The fourth-order valence-corrected chi connectivity index (χ4v) is 3.00. The van der Waals surface area contributed by atoms with Gasteiger partial charge in [0, 0.05) is 22.9 Å². The number of phenols is 1. The lowest BCUT2D eigenvalue weighted by Gasteiger charge is -2.25. The third-order valence-electron chi connectivity index (χ3n) is 4.17. The molecule has 120 valence electrons. The summed E-state index contributed by atoms with van der Waals surface area (Å²) in [4.78, 5) is 13.2. The average molecular weight is 318 g/mol. The van der Waals surface area contributed by atoms with Gasteiger partial charge in [0.15, 0.2) is 0 Å². The van der Waals surface area contributed by atoms with Crippen LogP contribution in [-0.2, 0) is 6.54 Å². The first-order chi connectivity index (χ1) is 11.7. The predicted octanol–water partition coefficient (Wildman–Crippen LogP) is 5.40. The highest BCUT2D eigenvalue weighted by Gasteiger charge is 2.20. The summed E-state index contributed by atoms with van der Waals surface area (Å²) in [6.07, 6.45) is 1.65. The van der Waals surface area contributed by atoms with Gasteiger partial charge in [-0.1, -0.05) is 61.2 Å². The van der Waals surface area contributed by atoms with Crippen LogP contribution in [0.4, 0.5) is 11.4 Å². The number of hydrogen-bond donors (Lipinski definition) is 1. The highest BCUT2D eigenvalue weighted by Crippen LogP contribution is 2.45. The first-order valence-corrected chi connectivity index (χ1v) is 7.68. The first-order valence-electron chi connectivity index (χ1n) is 7.68. The Labute approximate surface area is 140 Å². The fourth-order valence-electron chi connectivity index (χ4n) is 3.00. The normalized spacial score (nSPS) is 10.5. The zero-order chi connectivity index (χ0) is 17.1. The van der Waals surface area contributed by atoms with Gasteiger partial charge in [0.1, 0.15) is 11.4 Å². The molecule has 4 nitrogen and oxygen atoms in total. The van der Waals surface area contributed by atoms with Crippen molar-refractivity contribution in [2.24, 2.45) is 5.18 Å². The second-order valence-corrected chi connectivity index (χ2v) is 5.60. The third-order valence-corrected chi connectivity index (χ3v) is 4.17. The van der Waals surface area contributed by atoms with Crippen molar-refractivity contribution in [3.8, 4) is 5.75 Å². The van der Waals surface area contributed by atoms with Crippen LogP contribution >= 0.6 is 0 Å². The molecule has 24 heavy (non-hydrogen) atoms. The van der Waals surface area contributed by atoms with Gasteiger partial charge in [-0.15, -0.1) is 4.91 Å². The Hall–Kier alpha value is -3.14. The average Bonchev–Trinajstić information content (AvgIpc) is 2.62. The summed E-state index contributed by atoms with van der Waals surface area (Å²) in [5, 5.41) is 15.3. The summed E-state index contributed by atoms with van der Waals surface area (Å²) in [7, 11) is 0. The van der Waals surface area contributed by atoms with Crippen LogP contribution in [0.25, 0.3) is 10.8 Å². The van der Waals surface area contributed by atoms with Crippen molar-refractivity contribution in [3.63, 3.8) is 0 Å². The Morgan fingerprint density at radius 3 is 2.33 bits per heavy atom. The van der Waals surface area contributed by atoms with Crippen LogP contribution in [0.5, 0.6) is 5.75 Å². The van der Waals surface area contributed by atoms with Crippen LogP contribution in [0.2, 0.25) is 0 Å². The van der Waals surface area contributed by atoms with E-state index in [1.807, 2.05) is 47.4 Å². The quantitative estimate of drug-likeness (QED) is 0.641. The van der Waals surface area contributed by atoms with E-state index in [0.29, 0.717) is 34.3 Å². The van der Waals surface area contributed by atoms with Crippen molar-refractivity contribution in [2.75, 3.05) is 4.90 Å². The molecule has 4 heteroatoms. The second kappa shape index (κ2) is 6.54. The Balaban J connectivity index is 2.20. The number of hydrogen-bond acceptors (Lipinski definition) is 4. The molecule has 0 spiro atoms. The standard InChI is InChI=1S/C20H18N2O2/c1-3-22(13-15-9-5-4-6-10-15)19-14(2)18(21-24)16-11-7-8-12-17(16)20(19)23/h3-12,23H,1,13H2,2H3. The van der Waals surface area contributed by atoms with E-state index in [1.54, 1.807) is 25.3 Å². The zero-order valence-electron chi connectivity index (χ0n) is 13.4. The minimum Gasteiger partial charge on any atom is -0.505 e. The summed E-state index contributed by atoms with van der Waals surface area (Å²) >= 11 is 0. The van der Waals surface area contributed by atoms with Crippen molar-refractivity contribution in [2.45, 2.75) is 13.5 Å². The second-order valence-electron chi connectivity index (χ2n) is 5.60. The molecule has 0 amide bonds. The van der Waals surface area contributed by atoms with Gasteiger partial charge in [-0.25, -0.2) is 0 Å². The molecule has 1 N–H and O–H groups in total. The van der Waals surface area contributed by atoms with E-state index in [2.05, 4.69) is 11.8 Å². The molecule has 0 fully saturated rings. The Morgan fingerprint density at radius 2 is 1.71 bits per heavy atom. The molecule has 3 aromatic rings. The maximum atomic E-state index is 11.4. The number of fused-ring (bicyclic) bond motifs is 1. The summed E-state index contributed by atoms with van der Waals surface area (Å²) in [6, 6.07) is 17.1. The van der Waals surface area contributed by atoms with Crippen LogP contribution in [0.15, 0.2) is 72.6 Å². The minimum absolute atomic E-state index is 0.131. The Morgan fingerprint density at radius 1 is 1.08 bits per heavy atom. The number of aromatic hydroxyl groups is 1. The van der Waals surface area contributed by atoms with Gasteiger partial charge in [0.05, 0.1) is 5.69 Å². The van der Waals surface area contributed by atoms with Crippen molar-refractivity contribution >= 4 is 22.1 Å². The van der Waals surface area contributed by atoms with Gasteiger partial charge >= 0.3 is 0 Å². The Kier molecular flexibility index (Phi) is 4.29. The molecule has 0 aliphatic rings. The molecule has 3 aromatic carbocycles. The lowest BCUT2D eigenvalue weighted by Crippen LogP contribution is -2.16. The van der Waals surface area contributed by atoms with Crippen molar-refractivity contribution in [1.82, 2.24) is 0 Å². The van der Waals surface area contributed by atoms with E-state index in [9.17, 15) is 10.0 Å². The molecule has 0 saturated heterocycles. The van der Waals surface area contributed by atoms with E-state index in [-0.39, 0.29) is 5.75 Å². The highest BCUT2D eigenvalue weighted by atomic mass is 16.3. The number of nitroso groups, excluding NO2 is 1. The summed E-state index contributed by atoms with van der Waals surface area (Å²) in [5.74, 6) is 0.131. The van der Waals surface area contributed by atoms with Gasteiger partial charge in [0.2, 0.25) is 0 Å². The van der Waals surface area contributed by atoms with Gasteiger partial charge in [-0.3, -0.25) is 0 Å². The molecule has 0 bridgehead atoms. The van der Waals surface area contributed by atoms with Gasteiger partial charge in [0.25, 0.3) is 0 Å². The molecule has 0 aliphatic heterocycles. The largest absolute Gasteiger partial charge is 0.505 e. The van der Waals surface area contributed by atoms with E-state index < -0.39 is 0 Å². The van der Waals surface area contributed by atoms with Crippen LogP contribution in [0.3, 0.4) is 0 Å². The van der Waals surface area contributed by atoms with Gasteiger partial charge in [-0.05, 0) is 23.9 Å². The smallest absolute Gasteiger partial charge is 0.147 e. The summed E-state index contributed by atoms with van der Waals surface area (Å²) in [6.45, 7) is 6.19. The van der Waals surface area contributed by atoms with E-state index in [4.69, 9.17) is 0 Å². The molecular weight excluding hydrogens is 300 g/mol. The van der Waals surface area contributed by atoms with Crippen LogP contribution in [0.1, 0.15) is 11.1 Å². The number of rotatable bonds is 5.